The van der Waals surface area contributed by atoms with Crippen LogP contribution in [0.4, 0.5) is 5.69 Å². The lowest BCUT2D eigenvalue weighted by Gasteiger charge is -2.03. The van der Waals surface area contributed by atoms with E-state index in [4.69, 9.17) is 11.5 Å². The smallest absolute Gasteiger partial charge is 0.185 e. The molecule has 4 nitrogen and oxygen atoms in total. The van der Waals surface area contributed by atoms with Gasteiger partial charge < -0.3 is 16.8 Å². The SMILES string of the molecule is CNc1ccc(CCCCCN=C(N)N)cc1. The number of nitrogens with one attached hydrogen (secondary N) is 1. The molecule has 0 atom stereocenters. The summed E-state index contributed by atoms with van der Waals surface area (Å²) in [6, 6.07) is 8.55. The minimum Gasteiger partial charge on any atom is -0.388 e. The third kappa shape index (κ3) is 5.80. The van der Waals surface area contributed by atoms with Gasteiger partial charge in [-0.05, 0) is 37.0 Å². The van der Waals surface area contributed by atoms with Gasteiger partial charge in [0.25, 0.3) is 0 Å². The van der Waals surface area contributed by atoms with Crippen LogP contribution in [0.3, 0.4) is 0 Å². The van der Waals surface area contributed by atoms with Crippen LogP contribution >= 0.6 is 0 Å². The molecule has 1 aromatic rings. The normalized spacial score (nSPS) is 9.94. The van der Waals surface area contributed by atoms with E-state index in [-0.39, 0.29) is 5.96 Å². The first-order chi connectivity index (χ1) is 8.22. The van der Waals surface area contributed by atoms with Crippen molar-refractivity contribution in [2.75, 3.05) is 18.9 Å². The molecule has 0 fully saturated rings. The average Bonchev–Trinajstić information content (AvgIpc) is 2.34. The average molecular weight is 234 g/mol. The summed E-state index contributed by atoms with van der Waals surface area (Å²) in [5, 5.41) is 3.11. The van der Waals surface area contributed by atoms with Crippen LogP contribution in [-0.2, 0) is 6.42 Å². The maximum absolute atomic E-state index is 5.25. The number of hydrogen-bond donors (Lipinski definition) is 3. The van der Waals surface area contributed by atoms with Crippen LogP contribution in [0.2, 0.25) is 0 Å². The lowest BCUT2D eigenvalue weighted by atomic mass is 10.1. The van der Waals surface area contributed by atoms with Crippen molar-refractivity contribution in [2.24, 2.45) is 16.5 Å². The van der Waals surface area contributed by atoms with Crippen LogP contribution in [0.5, 0.6) is 0 Å². The zero-order valence-electron chi connectivity index (χ0n) is 10.4. The van der Waals surface area contributed by atoms with Crippen molar-refractivity contribution in [3.8, 4) is 0 Å². The van der Waals surface area contributed by atoms with Crippen molar-refractivity contribution >= 4 is 11.6 Å². The van der Waals surface area contributed by atoms with Crippen molar-refractivity contribution in [3.63, 3.8) is 0 Å². The van der Waals surface area contributed by atoms with Gasteiger partial charge in [0, 0.05) is 19.3 Å². The van der Waals surface area contributed by atoms with Crippen molar-refractivity contribution < 1.29 is 0 Å². The maximum atomic E-state index is 5.25. The van der Waals surface area contributed by atoms with Crippen molar-refractivity contribution in [1.29, 1.82) is 0 Å². The van der Waals surface area contributed by atoms with E-state index in [0.717, 1.165) is 31.5 Å². The molecule has 1 rings (SSSR count). The number of anilines is 1. The molecular weight excluding hydrogens is 212 g/mol. The topological polar surface area (TPSA) is 76.4 Å². The molecule has 5 N–H and O–H groups in total. The highest BCUT2D eigenvalue weighted by Gasteiger charge is 1.94. The molecule has 0 saturated carbocycles. The minimum atomic E-state index is 0.188. The number of rotatable bonds is 7. The molecule has 4 heteroatoms. The summed E-state index contributed by atoms with van der Waals surface area (Å²) in [6.07, 6.45) is 4.50. The Balaban J connectivity index is 2.15. The Hall–Kier alpha value is -1.71. The number of aryl methyl sites for hydroxylation is 1. The molecule has 0 unspecified atom stereocenters. The van der Waals surface area contributed by atoms with Crippen LogP contribution in [0, 0.1) is 0 Å². The van der Waals surface area contributed by atoms with Gasteiger partial charge in [-0.2, -0.15) is 0 Å². The van der Waals surface area contributed by atoms with E-state index in [1.54, 1.807) is 0 Å². The highest BCUT2D eigenvalue weighted by atomic mass is 15.0. The summed E-state index contributed by atoms with van der Waals surface area (Å²) < 4.78 is 0. The molecule has 0 amide bonds. The van der Waals surface area contributed by atoms with Gasteiger partial charge in [-0.3, -0.25) is 4.99 Å². The molecule has 0 aliphatic carbocycles. The number of unbranched alkanes of at least 4 members (excludes halogenated alkanes) is 2. The van der Waals surface area contributed by atoms with E-state index in [1.807, 2.05) is 7.05 Å². The molecule has 17 heavy (non-hydrogen) atoms. The molecule has 0 heterocycles. The first-order valence-corrected chi connectivity index (χ1v) is 6.04. The number of nitrogens with two attached hydrogens (primary N) is 2. The third-order valence-corrected chi connectivity index (χ3v) is 2.66. The number of hydrogen-bond acceptors (Lipinski definition) is 2. The fourth-order valence-corrected chi connectivity index (χ4v) is 1.66. The summed E-state index contributed by atoms with van der Waals surface area (Å²) in [6.45, 7) is 0.737. The van der Waals surface area contributed by atoms with Gasteiger partial charge >= 0.3 is 0 Å². The summed E-state index contributed by atoms with van der Waals surface area (Å²) in [4.78, 5) is 3.96. The lowest BCUT2D eigenvalue weighted by Crippen LogP contribution is -2.22. The zero-order valence-corrected chi connectivity index (χ0v) is 10.4. The molecule has 94 valence electrons. The monoisotopic (exact) mass is 234 g/mol. The molecule has 0 aromatic heterocycles. The second kappa shape index (κ2) is 7.54. The maximum Gasteiger partial charge on any atom is 0.185 e. The Morgan fingerprint density at radius 1 is 1.12 bits per heavy atom. The first-order valence-electron chi connectivity index (χ1n) is 6.04. The van der Waals surface area contributed by atoms with Gasteiger partial charge in [0.15, 0.2) is 5.96 Å². The Kier molecular flexibility index (Phi) is 5.93. The first kappa shape index (κ1) is 13.4. The highest BCUT2D eigenvalue weighted by molar-refractivity contribution is 5.75. The van der Waals surface area contributed by atoms with E-state index in [1.165, 1.54) is 12.0 Å². The van der Waals surface area contributed by atoms with E-state index >= 15 is 0 Å². The van der Waals surface area contributed by atoms with E-state index in [2.05, 4.69) is 34.6 Å². The van der Waals surface area contributed by atoms with Gasteiger partial charge in [0.05, 0.1) is 0 Å². The van der Waals surface area contributed by atoms with Gasteiger partial charge in [-0.25, -0.2) is 0 Å². The summed E-state index contributed by atoms with van der Waals surface area (Å²) >= 11 is 0. The summed E-state index contributed by atoms with van der Waals surface area (Å²) in [5.41, 5.74) is 13.0. The van der Waals surface area contributed by atoms with Gasteiger partial charge in [-0.15, -0.1) is 0 Å². The second-order valence-corrected chi connectivity index (χ2v) is 4.06. The standard InChI is InChI=1S/C13H22N4/c1-16-12-8-6-11(7-9-12)5-3-2-4-10-17-13(14)15/h6-9,16H,2-5,10H2,1H3,(H4,14,15,17). The third-order valence-electron chi connectivity index (χ3n) is 2.66. The molecule has 0 bridgehead atoms. The molecule has 0 aliphatic rings. The zero-order chi connectivity index (χ0) is 12.5. The Labute approximate surface area is 103 Å². The predicted molar refractivity (Wildman–Crippen MR) is 74.2 cm³/mol. The van der Waals surface area contributed by atoms with Gasteiger partial charge in [0.1, 0.15) is 0 Å². The molecular formula is C13H22N4. The van der Waals surface area contributed by atoms with Crippen LogP contribution in [0.25, 0.3) is 0 Å². The fourth-order valence-electron chi connectivity index (χ4n) is 1.66. The van der Waals surface area contributed by atoms with Crippen LogP contribution in [0.15, 0.2) is 29.3 Å². The number of benzene rings is 1. The molecule has 0 spiro atoms. The molecule has 0 radical (unpaired) electrons. The van der Waals surface area contributed by atoms with Crippen LogP contribution < -0.4 is 16.8 Å². The van der Waals surface area contributed by atoms with E-state index in [0.29, 0.717) is 0 Å². The lowest BCUT2D eigenvalue weighted by molar-refractivity contribution is 0.687. The van der Waals surface area contributed by atoms with Crippen molar-refractivity contribution in [2.45, 2.75) is 25.7 Å². The number of guanidine groups is 1. The molecule has 0 saturated heterocycles. The quantitative estimate of drug-likeness (QED) is 0.382. The number of aliphatic imine (C=N–C) groups is 1. The molecule has 1 aromatic carbocycles. The van der Waals surface area contributed by atoms with Crippen LogP contribution in [0.1, 0.15) is 24.8 Å². The molecule has 0 aliphatic heterocycles. The van der Waals surface area contributed by atoms with Crippen LogP contribution in [-0.4, -0.2) is 19.6 Å². The fraction of sp³-hybridized carbons (Fsp3) is 0.462. The van der Waals surface area contributed by atoms with Crippen molar-refractivity contribution in [3.05, 3.63) is 29.8 Å². The predicted octanol–water partition coefficient (Wildman–Crippen LogP) is 1.71. The Morgan fingerprint density at radius 2 is 1.82 bits per heavy atom. The summed E-state index contributed by atoms with van der Waals surface area (Å²) in [7, 11) is 1.93. The van der Waals surface area contributed by atoms with E-state index in [9.17, 15) is 0 Å². The van der Waals surface area contributed by atoms with Gasteiger partial charge in [-0.1, -0.05) is 18.6 Å². The largest absolute Gasteiger partial charge is 0.388 e. The Bertz CT molecular complexity index is 339. The summed E-state index contributed by atoms with van der Waals surface area (Å²) in [5.74, 6) is 0.188. The second-order valence-electron chi connectivity index (χ2n) is 4.06. The number of nitrogens with zero attached hydrogens (tertiary/aromatic N) is 1. The minimum absolute atomic E-state index is 0.188. The van der Waals surface area contributed by atoms with Crippen molar-refractivity contribution in [1.82, 2.24) is 0 Å². The highest BCUT2D eigenvalue weighted by Crippen LogP contribution is 2.11. The Morgan fingerprint density at radius 3 is 2.41 bits per heavy atom. The van der Waals surface area contributed by atoms with E-state index < -0.39 is 0 Å². The van der Waals surface area contributed by atoms with Gasteiger partial charge in [0.2, 0.25) is 0 Å².